The Labute approximate surface area is 271 Å². The summed E-state index contributed by atoms with van der Waals surface area (Å²) in [6, 6.07) is 30.9. The van der Waals surface area contributed by atoms with Gasteiger partial charge in [0.15, 0.2) is 0 Å². The van der Waals surface area contributed by atoms with Crippen molar-refractivity contribution in [1.82, 2.24) is 0 Å². The first-order valence-electron chi connectivity index (χ1n) is 17.1. The van der Waals surface area contributed by atoms with Gasteiger partial charge in [-0.3, -0.25) is 0 Å². The van der Waals surface area contributed by atoms with Gasteiger partial charge in [0.2, 0.25) is 0 Å². The number of unbranched alkanes of at least 4 members (excludes halogenated alkanes) is 3. The molecule has 0 aromatic heterocycles. The topological polar surface area (TPSA) is 55.4 Å². The van der Waals surface area contributed by atoms with Gasteiger partial charge in [0, 0.05) is 19.8 Å². The molecule has 6 nitrogen and oxygen atoms in total. The van der Waals surface area contributed by atoms with E-state index in [-0.39, 0.29) is 6.10 Å². The van der Waals surface area contributed by atoms with Crippen molar-refractivity contribution in [2.75, 3.05) is 19.8 Å². The third-order valence-corrected chi connectivity index (χ3v) is 8.22. The summed E-state index contributed by atoms with van der Waals surface area (Å²) in [5.74, 6) is 0. The molecule has 0 amide bonds. The van der Waals surface area contributed by atoms with Crippen LogP contribution in [0, 0.1) is 0 Å². The van der Waals surface area contributed by atoms with Crippen LogP contribution in [0.15, 0.2) is 91.0 Å². The molecule has 1 saturated carbocycles. The summed E-state index contributed by atoms with van der Waals surface area (Å²) in [4.78, 5) is 0. The molecule has 4 rings (SSSR count). The highest BCUT2D eigenvalue weighted by Gasteiger charge is 2.55. The number of ether oxygens (including phenoxy) is 6. The van der Waals surface area contributed by atoms with Crippen LogP contribution < -0.4 is 0 Å². The maximum Gasteiger partial charge on any atom is 0.116 e. The van der Waals surface area contributed by atoms with Crippen LogP contribution in [-0.2, 0) is 48.2 Å². The van der Waals surface area contributed by atoms with Crippen LogP contribution >= 0.6 is 0 Å². The molecule has 0 spiro atoms. The minimum absolute atomic E-state index is 0.388. The molecule has 3 aromatic rings. The molecule has 45 heavy (non-hydrogen) atoms. The van der Waals surface area contributed by atoms with Crippen molar-refractivity contribution in [2.45, 2.75) is 116 Å². The molecular formula is C39H54O6. The first-order chi connectivity index (χ1) is 22.2. The SMILES string of the molecule is CCCCO[C@@H]1[C@H](OCCCC)[C@@H](OCc2ccccc2)[C@H](OCCCC)[C@@H](OCc2ccccc2)[C@@H]1OCc1ccccc1. The van der Waals surface area contributed by atoms with Gasteiger partial charge in [-0.25, -0.2) is 0 Å². The Balaban J connectivity index is 1.72. The zero-order valence-corrected chi connectivity index (χ0v) is 27.6. The Kier molecular flexibility index (Phi) is 16.1. The maximum absolute atomic E-state index is 6.84. The zero-order chi connectivity index (χ0) is 31.5. The van der Waals surface area contributed by atoms with E-state index >= 15 is 0 Å². The smallest absolute Gasteiger partial charge is 0.116 e. The fourth-order valence-electron chi connectivity index (χ4n) is 5.65. The van der Waals surface area contributed by atoms with Gasteiger partial charge < -0.3 is 28.4 Å². The molecule has 0 N–H and O–H groups in total. The molecule has 0 heterocycles. The highest BCUT2D eigenvalue weighted by atomic mass is 16.6. The third kappa shape index (κ3) is 11.3. The molecule has 1 aliphatic carbocycles. The monoisotopic (exact) mass is 618 g/mol. The largest absolute Gasteiger partial charge is 0.373 e. The Morgan fingerprint density at radius 3 is 0.844 bits per heavy atom. The van der Waals surface area contributed by atoms with Gasteiger partial charge in [-0.1, -0.05) is 131 Å². The lowest BCUT2D eigenvalue weighted by Gasteiger charge is -2.50. The van der Waals surface area contributed by atoms with E-state index in [1.807, 2.05) is 54.6 Å². The average Bonchev–Trinajstić information content (AvgIpc) is 3.08. The molecular weight excluding hydrogens is 564 g/mol. The highest BCUT2D eigenvalue weighted by Crippen LogP contribution is 2.36. The molecule has 6 heteroatoms. The minimum Gasteiger partial charge on any atom is -0.373 e. The van der Waals surface area contributed by atoms with E-state index in [4.69, 9.17) is 28.4 Å². The minimum atomic E-state index is -0.441. The van der Waals surface area contributed by atoms with Gasteiger partial charge in [0.1, 0.15) is 36.6 Å². The summed E-state index contributed by atoms with van der Waals surface area (Å²) in [6.45, 7) is 9.66. The van der Waals surface area contributed by atoms with Crippen LogP contribution in [0.2, 0.25) is 0 Å². The quantitative estimate of drug-likeness (QED) is 0.112. The average molecular weight is 619 g/mol. The van der Waals surface area contributed by atoms with Crippen LogP contribution in [0.4, 0.5) is 0 Å². The molecule has 0 aliphatic heterocycles. The molecule has 0 radical (unpaired) electrons. The molecule has 1 fully saturated rings. The van der Waals surface area contributed by atoms with Crippen molar-refractivity contribution in [3.05, 3.63) is 108 Å². The van der Waals surface area contributed by atoms with Crippen LogP contribution in [0.3, 0.4) is 0 Å². The maximum atomic E-state index is 6.84. The number of rotatable bonds is 21. The predicted molar refractivity (Wildman–Crippen MR) is 179 cm³/mol. The van der Waals surface area contributed by atoms with Crippen molar-refractivity contribution in [3.63, 3.8) is 0 Å². The number of hydrogen-bond donors (Lipinski definition) is 0. The van der Waals surface area contributed by atoms with Crippen LogP contribution in [0.1, 0.15) is 76.0 Å². The second-order valence-corrected chi connectivity index (χ2v) is 11.9. The van der Waals surface area contributed by atoms with E-state index in [9.17, 15) is 0 Å². The molecule has 1 aliphatic rings. The van der Waals surface area contributed by atoms with Gasteiger partial charge in [-0.05, 0) is 36.0 Å². The predicted octanol–water partition coefficient (Wildman–Crippen LogP) is 8.31. The van der Waals surface area contributed by atoms with Gasteiger partial charge in [0.25, 0.3) is 0 Å². The van der Waals surface area contributed by atoms with Gasteiger partial charge in [-0.2, -0.15) is 0 Å². The zero-order valence-electron chi connectivity index (χ0n) is 27.6. The summed E-state index contributed by atoms with van der Waals surface area (Å²) >= 11 is 0. The summed E-state index contributed by atoms with van der Waals surface area (Å²) in [5.41, 5.74) is 3.30. The molecule has 246 valence electrons. The molecule has 0 bridgehead atoms. The Hall–Kier alpha value is -2.58. The van der Waals surface area contributed by atoms with E-state index < -0.39 is 30.5 Å². The first-order valence-corrected chi connectivity index (χ1v) is 17.1. The van der Waals surface area contributed by atoms with Crippen LogP contribution in [0.5, 0.6) is 0 Å². The first kappa shape index (κ1) is 35.3. The molecule has 6 atom stereocenters. The van der Waals surface area contributed by atoms with E-state index in [1.165, 1.54) is 0 Å². The normalized spacial score (nSPS) is 23.3. The number of hydrogen-bond acceptors (Lipinski definition) is 6. The van der Waals surface area contributed by atoms with Crippen molar-refractivity contribution < 1.29 is 28.4 Å². The lowest BCUT2D eigenvalue weighted by Crippen LogP contribution is -2.67. The van der Waals surface area contributed by atoms with Crippen molar-refractivity contribution in [3.8, 4) is 0 Å². The van der Waals surface area contributed by atoms with Crippen molar-refractivity contribution >= 4 is 0 Å². The van der Waals surface area contributed by atoms with Gasteiger partial charge in [0.05, 0.1) is 19.8 Å². The van der Waals surface area contributed by atoms with Crippen LogP contribution in [0.25, 0.3) is 0 Å². The van der Waals surface area contributed by atoms with E-state index in [1.54, 1.807) is 0 Å². The second-order valence-electron chi connectivity index (χ2n) is 11.9. The van der Waals surface area contributed by atoms with Crippen LogP contribution in [-0.4, -0.2) is 56.4 Å². The lowest BCUT2D eigenvalue weighted by molar-refractivity contribution is -0.287. The standard InChI is InChI=1S/C39H54O6/c1-4-7-25-40-34-35(41-26-8-5-2)38(44-29-32-21-15-11-16-22-32)39(45-30-33-23-17-12-18-24-33)36(42-27-9-6-3)37(34)43-28-31-19-13-10-14-20-31/h10-24,34-39H,4-9,25-30H2,1-3H3/t34-,35+,36-,37+,38+,39+/m0/s1. The number of benzene rings is 3. The van der Waals surface area contributed by atoms with Crippen molar-refractivity contribution in [2.24, 2.45) is 0 Å². The Morgan fingerprint density at radius 2 is 0.600 bits per heavy atom. The highest BCUT2D eigenvalue weighted by molar-refractivity contribution is 5.16. The second kappa shape index (κ2) is 20.5. The third-order valence-electron chi connectivity index (χ3n) is 8.22. The van der Waals surface area contributed by atoms with Crippen molar-refractivity contribution in [1.29, 1.82) is 0 Å². The Morgan fingerprint density at radius 1 is 0.356 bits per heavy atom. The fourth-order valence-corrected chi connectivity index (χ4v) is 5.65. The Bertz CT molecular complexity index is 1140. The summed E-state index contributed by atoms with van der Waals surface area (Å²) in [6.07, 6.45) is 3.47. The lowest BCUT2D eigenvalue weighted by atomic mass is 9.83. The molecule has 0 unspecified atom stereocenters. The summed E-state index contributed by atoms with van der Waals surface area (Å²) < 4.78 is 40.7. The van der Waals surface area contributed by atoms with E-state index in [2.05, 4.69) is 57.2 Å². The van der Waals surface area contributed by atoms with Gasteiger partial charge in [-0.15, -0.1) is 0 Å². The van der Waals surface area contributed by atoms with E-state index in [0.29, 0.717) is 39.6 Å². The molecule has 0 saturated heterocycles. The summed E-state index contributed by atoms with van der Waals surface area (Å²) in [7, 11) is 0. The molecule has 3 aromatic carbocycles. The van der Waals surface area contributed by atoms with E-state index in [0.717, 1.165) is 55.2 Å². The van der Waals surface area contributed by atoms with Gasteiger partial charge >= 0.3 is 0 Å². The fraction of sp³-hybridized carbons (Fsp3) is 0.538. The summed E-state index contributed by atoms with van der Waals surface area (Å²) in [5, 5.41) is 0.